The topological polar surface area (TPSA) is 66.4 Å². The zero-order valence-corrected chi connectivity index (χ0v) is 28.0. The van der Waals surface area contributed by atoms with Crippen LogP contribution in [0.5, 0.6) is 5.75 Å². The Kier molecular flexibility index (Phi) is 13.7. The Morgan fingerprint density at radius 2 is 1.48 bits per heavy atom. The van der Waals surface area contributed by atoms with Crippen LogP contribution in [-0.2, 0) is 31.9 Å². The fraction of sp³-hybridized carbons (Fsp3) is 0.600. The number of hydrogen-bond donors (Lipinski definition) is 1. The first-order chi connectivity index (χ1) is 20.1. The van der Waals surface area contributed by atoms with Crippen molar-refractivity contribution in [3.05, 3.63) is 77.4 Å². The predicted molar refractivity (Wildman–Crippen MR) is 172 cm³/mol. The highest BCUT2D eigenvalue weighted by atomic mass is 28.4. The summed E-state index contributed by atoms with van der Waals surface area (Å²) < 4.78 is 31.6. The molecule has 0 saturated heterocycles. The van der Waals surface area contributed by atoms with E-state index in [4.69, 9.17) is 23.4 Å². The molecule has 0 saturated carbocycles. The van der Waals surface area contributed by atoms with Gasteiger partial charge in [0.2, 0.25) is 0 Å². The van der Waals surface area contributed by atoms with Gasteiger partial charge in [-0.1, -0.05) is 95.7 Å². The van der Waals surface area contributed by atoms with Crippen molar-refractivity contribution in [1.82, 2.24) is 0 Å². The Morgan fingerprint density at radius 1 is 0.857 bits per heavy atom. The Bertz CT molecular complexity index is 1050. The van der Waals surface area contributed by atoms with Gasteiger partial charge in [-0.25, -0.2) is 0 Å². The fourth-order valence-corrected chi connectivity index (χ4v) is 12.0. The lowest BCUT2D eigenvalue weighted by molar-refractivity contribution is -0.153. The molecule has 0 aromatic heterocycles. The van der Waals surface area contributed by atoms with Gasteiger partial charge in [0.05, 0.1) is 39.1 Å². The molecule has 2 aromatic carbocycles. The highest BCUT2D eigenvalue weighted by Crippen LogP contribution is 2.42. The lowest BCUT2D eigenvalue weighted by Crippen LogP contribution is -2.49. The summed E-state index contributed by atoms with van der Waals surface area (Å²) in [6, 6.07) is 18.0. The summed E-state index contributed by atoms with van der Waals surface area (Å²) >= 11 is 0. The predicted octanol–water partition coefficient (Wildman–Crippen LogP) is 7.84. The van der Waals surface area contributed by atoms with Crippen molar-refractivity contribution >= 4 is 8.32 Å². The molecule has 0 fully saturated rings. The number of aliphatic hydroxyl groups is 1. The van der Waals surface area contributed by atoms with E-state index in [1.807, 2.05) is 60.7 Å². The first-order valence-electron chi connectivity index (χ1n) is 15.6. The van der Waals surface area contributed by atoms with Crippen molar-refractivity contribution in [2.24, 2.45) is 0 Å². The second-order valence-corrected chi connectivity index (χ2v) is 18.0. The number of ether oxygens (including phenoxy) is 4. The summed E-state index contributed by atoms with van der Waals surface area (Å²) in [4.78, 5) is 0. The van der Waals surface area contributed by atoms with E-state index in [1.54, 1.807) is 7.11 Å². The van der Waals surface area contributed by atoms with Crippen LogP contribution in [-0.4, -0.2) is 58.2 Å². The van der Waals surface area contributed by atoms with Gasteiger partial charge >= 0.3 is 0 Å². The molecule has 1 N–H and O–H groups in total. The molecule has 2 aromatic rings. The first kappa shape index (κ1) is 34.5. The molecule has 0 amide bonds. The highest BCUT2D eigenvalue weighted by Gasteiger charge is 2.45. The van der Waals surface area contributed by atoms with E-state index < -0.39 is 20.5 Å². The van der Waals surface area contributed by atoms with E-state index in [-0.39, 0.29) is 18.8 Å². The molecule has 0 unspecified atom stereocenters. The summed E-state index contributed by atoms with van der Waals surface area (Å²) in [5.41, 5.74) is 4.76. The van der Waals surface area contributed by atoms with Crippen LogP contribution in [0.2, 0.25) is 16.6 Å². The number of aliphatic hydroxyl groups excluding tert-OH is 1. The van der Waals surface area contributed by atoms with E-state index in [2.05, 4.69) is 48.5 Å². The van der Waals surface area contributed by atoms with Crippen LogP contribution < -0.4 is 4.74 Å². The molecule has 0 spiro atoms. The summed E-state index contributed by atoms with van der Waals surface area (Å²) in [5, 5.41) is 11.1. The molecular formula is C35H54O6Si. The number of rotatable bonds is 15. The summed E-state index contributed by atoms with van der Waals surface area (Å²) in [6.07, 6.45) is 1.53. The normalized spacial score (nSPS) is 23.1. The molecule has 0 aliphatic carbocycles. The van der Waals surface area contributed by atoms with Gasteiger partial charge in [-0.2, -0.15) is 0 Å². The summed E-state index contributed by atoms with van der Waals surface area (Å²) in [5.74, 6) is 0.822. The lowest BCUT2D eigenvalue weighted by Gasteiger charge is -2.43. The molecular weight excluding hydrogens is 544 g/mol. The second-order valence-electron chi connectivity index (χ2n) is 12.6. The molecule has 6 nitrogen and oxygen atoms in total. The molecule has 0 bridgehead atoms. The van der Waals surface area contributed by atoms with Gasteiger partial charge in [0.15, 0.2) is 8.32 Å². The van der Waals surface area contributed by atoms with Gasteiger partial charge in [-0.15, -0.1) is 0 Å². The first-order valence-corrected chi connectivity index (χ1v) is 17.7. The molecule has 1 aliphatic heterocycles. The van der Waals surface area contributed by atoms with Crippen molar-refractivity contribution < 1.29 is 28.5 Å². The Labute approximate surface area is 255 Å². The van der Waals surface area contributed by atoms with Crippen molar-refractivity contribution in [3.8, 4) is 5.75 Å². The minimum absolute atomic E-state index is 0.190. The maximum Gasteiger partial charge on any atom is 0.200 e. The van der Waals surface area contributed by atoms with Crippen LogP contribution in [0.15, 0.2) is 66.2 Å². The zero-order valence-electron chi connectivity index (χ0n) is 27.0. The third-order valence-corrected chi connectivity index (χ3v) is 14.7. The monoisotopic (exact) mass is 598 g/mol. The summed E-state index contributed by atoms with van der Waals surface area (Å²) in [6.45, 7) is 17.7. The van der Waals surface area contributed by atoms with Gasteiger partial charge in [-0.05, 0) is 59.6 Å². The van der Waals surface area contributed by atoms with E-state index in [1.165, 1.54) is 0 Å². The van der Waals surface area contributed by atoms with Crippen molar-refractivity contribution in [1.29, 1.82) is 0 Å². The summed E-state index contributed by atoms with van der Waals surface area (Å²) in [7, 11) is -0.363. The lowest BCUT2D eigenvalue weighted by atomic mass is 9.97. The van der Waals surface area contributed by atoms with Crippen LogP contribution in [0.4, 0.5) is 0 Å². The molecule has 234 valence electrons. The number of methoxy groups -OCH3 is 1. The van der Waals surface area contributed by atoms with Crippen LogP contribution in [0.3, 0.4) is 0 Å². The largest absolute Gasteiger partial charge is 0.497 e. The van der Waals surface area contributed by atoms with Gasteiger partial charge < -0.3 is 28.5 Å². The molecule has 1 aliphatic rings. The quantitative estimate of drug-likeness (QED) is 0.166. The van der Waals surface area contributed by atoms with Gasteiger partial charge in [0.25, 0.3) is 0 Å². The maximum atomic E-state index is 11.1. The van der Waals surface area contributed by atoms with E-state index in [9.17, 15) is 5.11 Å². The number of hydrogen-bond acceptors (Lipinski definition) is 6. The maximum absolute atomic E-state index is 11.1. The molecule has 3 rings (SSSR count). The smallest absolute Gasteiger partial charge is 0.200 e. The fourth-order valence-electron chi connectivity index (χ4n) is 6.51. The van der Waals surface area contributed by atoms with Crippen molar-refractivity contribution in [2.75, 3.05) is 20.3 Å². The van der Waals surface area contributed by atoms with Crippen LogP contribution in [0, 0.1) is 0 Å². The van der Waals surface area contributed by atoms with Crippen molar-refractivity contribution in [3.63, 3.8) is 0 Å². The molecule has 7 heteroatoms. The van der Waals surface area contributed by atoms with E-state index in [0.717, 1.165) is 22.4 Å². The third-order valence-electron chi connectivity index (χ3n) is 8.60. The van der Waals surface area contributed by atoms with E-state index >= 15 is 0 Å². The third kappa shape index (κ3) is 9.50. The highest BCUT2D eigenvalue weighted by molar-refractivity contribution is 6.77. The Morgan fingerprint density at radius 3 is 2.07 bits per heavy atom. The van der Waals surface area contributed by atoms with Gasteiger partial charge in [0.1, 0.15) is 18.0 Å². The molecule has 42 heavy (non-hydrogen) atoms. The second kappa shape index (κ2) is 16.7. The SMILES string of the molecule is COc1ccc(CO[C@H]2C/C(C)=C\[C@H](O)[C@H](COCc3ccccc3)O[C@@H]2CCO[Si](C(C)C)(C(C)C)C(C)C)cc1. The molecule has 4 atom stereocenters. The Balaban J connectivity index is 1.79. The molecule has 1 heterocycles. The van der Waals surface area contributed by atoms with Crippen LogP contribution in [0.1, 0.15) is 72.4 Å². The van der Waals surface area contributed by atoms with Gasteiger partial charge in [0, 0.05) is 6.61 Å². The van der Waals surface area contributed by atoms with E-state index in [0.29, 0.717) is 49.3 Å². The minimum atomic E-state index is -2.03. The van der Waals surface area contributed by atoms with Crippen LogP contribution in [0.25, 0.3) is 0 Å². The van der Waals surface area contributed by atoms with Gasteiger partial charge in [-0.3, -0.25) is 0 Å². The Hall–Kier alpha value is -2.00. The van der Waals surface area contributed by atoms with Crippen molar-refractivity contribution in [2.45, 2.75) is 116 Å². The zero-order chi connectivity index (χ0) is 30.7. The minimum Gasteiger partial charge on any atom is -0.497 e. The average molecular weight is 599 g/mol. The van der Waals surface area contributed by atoms with Crippen LogP contribution >= 0.6 is 0 Å². The average Bonchev–Trinajstić information content (AvgIpc) is 2.95. The number of benzene rings is 2. The standard InChI is InChI=1S/C35H54O6Si/c1-25(2)42(26(3)4,27(5)6)40-19-18-33-34(39-23-30-14-16-31(37-8)17-15-30)21-28(7)20-32(36)35(41-33)24-38-22-29-12-10-9-11-13-29/h9-17,20,25-27,32-36H,18-19,21-24H2,1-8H3/b28-20-/t32-,33+,34-,35-/m0/s1. The molecule has 0 radical (unpaired) electrons.